The molecule has 0 aromatic heterocycles. The Morgan fingerprint density at radius 1 is 1.20 bits per heavy atom. The molecular weight excluding hydrogens is 250 g/mol. The highest BCUT2D eigenvalue weighted by atomic mass is 16.5. The van der Waals surface area contributed by atoms with Gasteiger partial charge in [0.25, 0.3) is 0 Å². The summed E-state index contributed by atoms with van der Waals surface area (Å²) in [5.74, 6) is 0.798. The first-order valence-corrected chi connectivity index (χ1v) is 7.01. The third-order valence-corrected chi connectivity index (χ3v) is 3.51. The van der Waals surface area contributed by atoms with Crippen molar-refractivity contribution in [3.8, 4) is 5.75 Å². The fraction of sp³-hybridized carbons (Fsp3) is 0.353. The Balaban J connectivity index is 2.25. The Morgan fingerprint density at radius 3 is 2.60 bits per heavy atom. The molecular formula is C17H21NO2. The van der Waals surface area contributed by atoms with Crippen molar-refractivity contribution in [1.29, 1.82) is 0 Å². The minimum absolute atomic E-state index is 0.0831. The minimum atomic E-state index is -0.131. The van der Waals surface area contributed by atoms with Crippen LogP contribution in [0, 0.1) is 0 Å². The third-order valence-electron chi connectivity index (χ3n) is 3.51. The van der Waals surface area contributed by atoms with E-state index in [-0.39, 0.29) is 11.8 Å². The summed E-state index contributed by atoms with van der Waals surface area (Å²) in [5.41, 5.74) is 1.04. The highest BCUT2D eigenvalue weighted by molar-refractivity contribution is 5.88. The van der Waals surface area contributed by atoms with Crippen LogP contribution in [0.15, 0.2) is 36.4 Å². The Bertz CT molecular complexity index is 607. The van der Waals surface area contributed by atoms with Crippen molar-refractivity contribution in [2.75, 3.05) is 13.7 Å². The zero-order valence-corrected chi connectivity index (χ0v) is 12.3. The molecule has 0 aliphatic carbocycles. The van der Waals surface area contributed by atoms with E-state index >= 15 is 0 Å². The first kappa shape index (κ1) is 14.4. The third kappa shape index (κ3) is 3.10. The first-order valence-electron chi connectivity index (χ1n) is 7.01. The van der Waals surface area contributed by atoms with Crippen LogP contribution in [0.5, 0.6) is 5.75 Å². The van der Waals surface area contributed by atoms with Gasteiger partial charge in [-0.1, -0.05) is 31.2 Å². The Labute approximate surface area is 119 Å². The van der Waals surface area contributed by atoms with Crippen molar-refractivity contribution in [3.05, 3.63) is 42.0 Å². The van der Waals surface area contributed by atoms with Crippen molar-refractivity contribution < 1.29 is 9.53 Å². The van der Waals surface area contributed by atoms with Crippen LogP contribution in [0.25, 0.3) is 10.8 Å². The number of hydrogen-bond acceptors (Lipinski definition) is 2. The van der Waals surface area contributed by atoms with E-state index < -0.39 is 0 Å². The van der Waals surface area contributed by atoms with Crippen LogP contribution in [0.4, 0.5) is 0 Å². The molecule has 0 radical (unpaired) electrons. The summed E-state index contributed by atoms with van der Waals surface area (Å²) in [6, 6.07) is 12.1. The maximum atomic E-state index is 12.0. The van der Waals surface area contributed by atoms with Crippen molar-refractivity contribution in [2.45, 2.75) is 26.2 Å². The second kappa shape index (κ2) is 6.42. The molecule has 0 saturated carbocycles. The molecule has 0 aliphatic rings. The van der Waals surface area contributed by atoms with Crippen LogP contribution < -0.4 is 10.1 Å². The van der Waals surface area contributed by atoms with Gasteiger partial charge in [0.2, 0.25) is 5.91 Å². The summed E-state index contributed by atoms with van der Waals surface area (Å²) in [7, 11) is 1.66. The van der Waals surface area contributed by atoms with Gasteiger partial charge in [0.05, 0.1) is 13.0 Å². The number of hydrogen-bond donors (Lipinski definition) is 1. The molecule has 1 unspecified atom stereocenters. The average molecular weight is 271 g/mol. The lowest BCUT2D eigenvalue weighted by atomic mass is 9.97. The molecule has 3 nitrogen and oxygen atoms in total. The van der Waals surface area contributed by atoms with E-state index in [1.54, 1.807) is 7.11 Å². The number of nitrogens with one attached hydrogen (secondary N) is 1. The van der Waals surface area contributed by atoms with E-state index in [1.807, 2.05) is 44.2 Å². The summed E-state index contributed by atoms with van der Waals surface area (Å²) in [6.45, 7) is 4.72. The van der Waals surface area contributed by atoms with Gasteiger partial charge in [-0.3, -0.25) is 4.79 Å². The number of fused-ring (bicyclic) bond motifs is 1. The molecule has 0 aliphatic heterocycles. The number of methoxy groups -OCH3 is 1. The van der Waals surface area contributed by atoms with E-state index in [0.29, 0.717) is 0 Å². The van der Waals surface area contributed by atoms with E-state index in [9.17, 15) is 4.79 Å². The Morgan fingerprint density at radius 2 is 1.90 bits per heavy atom. The van der Waals surface area contributed by atoms with Gasteiger partial charge in [0, 0.05) is 6.54 Å². The van der Waals surface area contributed by atoms with Crippen molar-refractivity contribution in [3.63, 3.8) is 0 Å². The zero-order chi connectivity index (χ0) is 14.5. The number of ether oxygens (including phenoxy) is 1. The fourth-order valence-electron chi connectivity index (χ4n) is 2.19. The maximum absolute atomic E-state index is 12.0. The normalized spacial score (nSPS) is 12.2. The van der Waals surface area contributed by atoms with E-state index in [4.69, 9.17) is 4.74 Å². The molecule has 0 spiro atoms. The highest BCUT2D eigenvalue weighted by Crippen LogP contribution is 2.25. The van der Waals surface area contributed by atoms with Crippen LogP contribution in [-0.4, -0.2) is 19.6 Å². The maximum Gasteiger partial charge on any atom is 0.227 e. The lowest BCUT2D eigenvalue weighted by molar-refractivity contribution is -0.122. The largest absolute Gasteiger partial charge is 0.497 e. The first-order chi connectivity index (χ1) is 9.65. The molecule has 106 valence electrons. The van der Waals surface area contributed by atoms with Crippen LogP contribution in [0.1, 0.15) is 31.7 Å². The molecule has 1 atom stereocenters. The number of rotatable bonds is 5. The van der Waals surface area contributed by atoms with E-state index in [2.05, 4.69) is 11.4 Å². The summed E-state index contributed by atoms with van der Waals surface area (Å²) in [6.07, 6.45) is 0.954. The highest BCUT2D eigenvalue weighted by Gasteiger charge is 2.14. The molecule has 0 fully saturated rings. The van der Waals surface area contributed by atoms with Crippen LogP contribution >= 0.6 is 0 Å². The molecule has 1 N–H and O–H groups in total. The van der Waals surface area contributed by atoms with Gasteiger partial charge < -0.3 is 10.1 Å². The van der Waals surface area contributed by atoms with Crippen molar-refractivity contribution in [1.82, 2.24) is 5.32 Å². The van der Waals surface area contributed by atoms with E-state index in [0.717, 1.165) is 35.1 Å². The monoisotopic (exact) mass is 271 g/mol. The number of benzene rings is 2. The standard InChI is InChI=1S/C17H21NO2/c1-4-9-18-17(19)12(2)13-5-6-15-11-16(20-3)8-7-14(15)10-13/h5-8,10-12H,4,9H2,1-3H3,(H,18,19). The van der Waals surface area contributed by atoms with Gasteiger partial charge in [-0.15, -0.1) is 0 Å². The van der Waals surface area contributed by atoms with Crippen LogP contribution in [0.3, 0.4) is 0 Å². The molecule has 2 aromatic rings. The predicted octanol–water partition coefficient (Wildman–Crippen LogP) is 3.48. The summed E-state index contributed by atoms with van der Waals surface area (Å²) >= 11 is 0. The molecule has 0 saturated heterocycles. The van der Waals surface area contributed by atoms with Gasteiger partial charge in [0.1, 0.15) is 5.75 Å². The Kier molecular flexibility index (Phi) is 4.61. The second-order valence-electron chi connectivity index (χ2n) is 4.99. The zero-order valence-electron chi connectivity index (χ0n) is 12.3. The van der Waals surface area contributed by atoms with Crippen LogP contribution in [0.2, 0.25) is 0 Å². The SMILES string of the molecule is CCCNC(=O)C(C)c1ccc2cc(OC)ccc2c1. The second-order valence-corrected chi connectivity index (χ2v) is 4.99. The minimum Gasteiger partial charge on any atom is -0.497 e. The fourth-order valence-corrected chi connectivity index (χ4v) is 2.19. The van der Waals surface area contributed by atoms with Gasteiger partial charge in [-0.25, -0.2) is 0 Å². The summed E-state index contributed by atoms with van der Waals surface area (Å²) in [4.78, 5) is 12.0. The number of carbonyl (C=O) groups is 1. The van der Waals surface area contributed by atoms with Gasteiger partial charge in [-0.2, -0.15) is 0 Å². The quantitative estimate of drug-likeness (QED) is 0.904. The predicted molar refractivity (Wildman–Crippen MR) is 82.2 cm³/mol. The summed E-state index contributed by atoms with van der Waals surface area (Å²) in [5, 5.41) is 5.18. The Hall–Kier alpha value is -2.03. The number of carbonyl (C=O) groups excluding carboxylic acids is 1. The topological polar surface area (TPSA) is 38.3 Å². The van der Waals surface area contributed by atoms with Crippen molar-refractivity contribution >= 4 is 16.7 Å². The number of amides is 1. The average Bonchev–Trinajstić information content (AvgIpc) is 2.50. The van der Waals surface area contributed by atoms with Gasteiger partial charge in [0.15, 0.2) is 0 Å². The van der Waals surface area contributed by atoms with Gasteiger partial charge >= 0.3 is 0 Å². The smallest absolute Gasteiger partial charge is 0.227 e. The summed E-state index contributed by atoms with van der Waals surface area (Å²) < 4.78 is 5.22. The molecule has 0 bridgehead atoms. The van der Waals surface area contributed by atoms with Crippen molar-refractivity contribution in [2.24, 2.45) is 0 Å². The molecule has 3 heteroatoms. The van der Waals surface area contributed by atoms with Crippen LogP contribution in [-0.2, 0) is 4.79 Å². The molecule has 1 amide bonds. The molecule has 2 aromatic carbocycles. The van der Waals surface area contributed by atoms with Gasteiger partial charge in [-0.05, 0) is 41.8 Å². The lowest BCUT2D eigenvalue weighted by Gasteiger charge is -2.13. The molecule has 20 heavy (non-hydrogen) atoms. The molecule has 0 heterocycles. The van der Waals surface area contributed by atoms with E-state index in [1.165, 1.54) is 0 Å². The molecule has 2 rings (SSSR count). The lowest BCUT2D eigenvalue weighted by Crippen LogP contribution is -2.28.